The first-order valence-corrected chi connectivity index (χ1v) is 13.5. The van der Waals surface area contributed by atoms with Gasteiger partial charge in [0.1, 0.15) is 28.9 Å². The summed E-state index contributed by atoms with van der Waals surface area (Å²) in [7, 11) is 1.79. The summed E-state index contributed by atoms with van der Waals surface area (Å²) in [5, 5.41) is 9.08. The van der Waals surface area contributed by atoms with E-state index in [0.29, 0.717) is 29.4 Å². The van der Waals surface area contributed by atoms with Crippen LogP contribution in [0, 0.1) is 18.6 Å². The number of carbonyl (C=O) groups is 1. The van der Waals surface area contributed by atoms with Gasteiger partial charge < -0.3 is 20.5 Å². The molecular formula is C30H42ClF2N5O3. The Morgan fingerprint density at radius 1 is 1.20 bits per heavy atom. The highest BCUT2D eigenvalue weighted by Gasteiger charge is 2.14. The first-order valence-electron chi connectivity index (χ1n) is 13.2. The van der Waals surface area contributed by atoms with Crippen molar-refractivity contribution in [3.05, 3.63) is 81.8 Å². The Bertz CT molecular complexity index is 1260. The molecule has 0 aliphatic rings. The Morgan fingerprint density at radius 3 is 2.39 bits per heavy atom. The van der Waals surface area contributed by atoms with Gasteiger partial charge in [-0.1, -0.05) is 39.3 Å². The van der Waals surface area contributed by atoms with Crippen molar-refractivity contribution in [3.8, 4) is 0 Å². The van der Waals surface area contributed by atoms with Crippen LogP contribution in [0.25, 0.3) is 5.70 Å². The Hall–Kier alpha value is -3.63. The molecule has 0 aliphatic heterocycles. The third-order valence-corrected chi connectivity index (χ3v) is 5.53. The van der Waals surface area contributed by atoms with Crippen molar-refractivity contribution < 1.29 is 23.4 Å². The summed E-state index contributed by atoms with van der Waals surface area (Å²) in [4.78, 5) is 25.4. The number of rotatable bonds is 11. The molecule has 41 heavy (non-hydrogen) atoms. The van der Waals surface area contributed by atoms with Crippen LogP contribution in [-0.4, -0.2) is 46.8 Å². The molecule has 2 aromatic rings. The number of anilines is 1. The van der Waals surface area contributed by atoms with Gasteiger partial charge in [0.2, 0.25) is 0 Å². The minimum Gasteiger partial charge on any atom is -0.485 e. The molecule has 2 heterocycles. The normalized spacial score (nSPS) is 12.5. The van der Waals surface area contributed by atoms with E-state index in [9.17, 15) is 18.7 Å². The van der Waals surface area contributed by atoms with Crippen LogP contribution in [0.4, 0.5) is 14.5 Å². The van der Waals surface area contributed by atoms with Crippen molar-refractivity contribution in [1.82, 2.24) is 9.97 Å². The van der Waals surface area contributed by atoms with E-state index in [1.807, 2.05) is 39.5 Å². The van der Waals surface area contributed by atoms with E-state index in [4.69, 9.17) is 22.1 Å². The van der Waals surface area contributed by atoms with Crippen molar-refractivity contribution in [3.63, 3.8) is 0 Å². The summed E-state index contributed by atoms with van der Waals surface area (Å²) in [5.74, 6) is -1.71. The molecule has 0 amide bonds. The molecule has 0 radical (unpaired) electrons. The Morgan fingerprint density at radius 2 is 1.83 bits per heavy atom. The number of aryl methyl sites for hydroxylation is 1. The van der Waals surface area contributed by atoms with E-state index in [1.54, 1.807) is 46.2 Å². The van der Waals surface area contributed by atoms with Crippen molar-refractivity contribution in [2.24, 2.45) is 10.7 Å². The number of aliphatic hydroxyl groups excluding tert-OH is 1. The number of nitrogens with zero attached hydrogens (tertiary/aromatic N) is 4. The smallest absolute Gasteiger partial charge is 0.165 e. The lowest BCUT2D eigenvalue weighted by molar-refractivity contribution is -0.104. The maximum absolute atomic E-state index is 13.9. The zero-order valence-electron chi connectivity index (χ0n) is 25.3. The third-order valence-electron chi connectivity index (χ3n) is 5.25. The number of ether oxygens (including phenoxy) is 1. The maximum Gasteiger partial charge on any atom is 0.165 e. The molecular weight excluding hydrogens is 552 g/mol. The van der Waals surface area contributed by atoms with Crippen LogP contribution in [0.1, 0.15) is 65.4 Å². The highest BCUT2D eigenvalue weighted by molar-refractivity contribution is 6.39. The summed E-state index contributed by atoms with van der Waals surface area (Å²) in [6, 6.07) is 2.47. The van der Waals surface area contributed by atoms with Crippen molar-refractivity contribution in [2.75, 3.05) is 18.6 Å². The summed E-state index contributed by atoms with van der Waals surface area (Å²) in [6.45, 7) is 14.7. The van der Waals surface area contributed by atoms with Gasteiger partial charge in [-0.15, -0.1) is 0 Å². The second-order valence-electron chi connectivity index (χ2n) is 8.77. The van der Waals surface area contributed by atoms with Crippen LogP contribution in [0.15, 0.2) is 58.2 Å². The zero-order chi connectivity index (χ0) is 31.8. The highest BCUT2D eigenvalue weighted by Crippen LogP contribution is 2.26. The first-order chi connectivity index (χ1) is 19.4. The SMILES string of the molecule is C/C(=C/C(OCc1ncc(F)cc1F)=C(/Cl)C=O)N(C)c1cc(/C(N)=C/C=NC(C)(C)CO)ncc1C.CC.CC. The summed E-state index contributed by atoms with van der Waals surface area (Å²) in [6.07, 6.45) is 7.57. The molecule has 2 rings (SSSR count). The summed E-state index contributed by atoms with van der Waals surface area (Å²) >= 11 is 6.03. The van der Waals surface area contributed by atoms with Gasteiger partial charge in [0.25, 0.3) is 0 Å². The standard InChI is InChI=1S/C26H30ClF2N5O3.2C2H6/c1-16-11-31-22(21(30)6-7-33-26(3,4)15-36)10-24(16)34(5)17(2)8-25(19(27)13-35)37-14-23-20(29)9-18(28)12-32-23;2*1-2/h6-13,36H,14-15,30H2,1-5H3;2*1-2H3/b17-8-,21-6-,25-19-,33-7?;;. The van der Waals surface area contributed by atoms with Gasteiger partial charge >= 0.3 is 0 Å². The topological polar surface area (TPSA) is 114 Å². The molecule has 0 saturated heterocycles. The van der Waals surface area contributed by atoms with Crippen LogP contribution >= 0.6 is 11.6 Å². The predicted octanol–water partition coefficient (Wildman–Crippen LogP) is 6.46. The minimum atomic E-state index is -0.880. The number of hydrogen-bond donors (Lipinski definition) is 2. The number of carbonyl (C=O) groups excluding carboxylic acids is 1. The van der Waals surface area contributed by atoms with Gasteiger partial charge in [0.15, 0.2) is 12.1 Å². The molecule has 0 aromatic carbocycles. The van der Waals surface area contributed by atoms with E-state index in [-0.39, 0.29) is 29.7 Å². The molecule has 2 aromatic heterocycles. The number of pyridine rings is 2. The number of hydrogen-bond acceptors (Lipinski definition) is 8. The zero-order valence-corrected chi connectivity index (χ0v) is 26.1. The second-order valence-corrected chi connectivity index (χ2v) is 9.18. The lowest BCUT2D eigenvalue weighted by Gasteiger charge is -2.23. The highest BCUT2D eigenvalue weighted by atomic mass is 35.5. The van der Waals surface area contributed by atoms with Crippen molar-refractivity contribution in [2.45, 2.75) is 67.5 Å². The van der Waals surface area contributed by atoms with E-state index in [0.717, 1.165) is 17.4 Å². The number of halogens is 3. The molecule has 0 bridgehead atoms. The minimum absolute atomic E-state index is 0.0133. The molecule has 0 aliphatic carbocycles. The third kappa shape index (κ3) is 12.2. The molecule has 0 atom stereocenters. The fraction of sp³-hybridized carbons (Fsp3) is 0.400. The monoisotopic (exact) mass is 593 g/mol. The number of aromatic nitrogens is 2. The van der Waals surface area contributed by atoms with Gasteiger partial charge in [-0.2, -0.15) is 0 Å². The van der Waals surface area contributed by atoms with E-state index in [1.165, 1.54) is 12.3 Å². The van der Waals surface area contributed by atoms with E-state index < -0.39 is 17.2 Å². The van der Waals surface area contributed by atoms with Gasteiger partial charge in [0, 0.05) is 43.0 Å². The number of aliphatic hydroxyl groups is 1. The average Bonchev–Trinajstić information content (AvgIpc) is 2.97. The van der Waals surface area contributed by atoms with Crippen LogP contribution in [-0.2, 0) is 16.1 Å². The quantitative estimate of drug-likeness (QED) is 0.101. The van der Waals surface area contributed by atoms with Crippen molar-refractivity contribution >= 4 is 35.5 Å². The Labute approximate surface area is 247 Å². The second kappa shape index (κ2) is 18.7. The number of nitrogens with two attached hydrogens (primary N) is 1. The largest absolute Gasteiger partial charge is 0.485 e. The fourth-order valence-electron chi connectivity index (χ4n) is 2.89. The van der Waals surface area contributed by atoms with Crippen LogP contribution < -0.4 is 10.6 Å². The fourth-order valence-corrected chi connectivity index (χ4v) is 3.00. The Balaban J connectivity index is 0.00000382. The predicted molar refractivity (Wildman–Crippen MR) is 164 cm³/mol. The van der Waals surface area contributed by atoms with Crippen LogP contribution in [0.2, 0.25) is 0 Å². The molecule has 0 unspecified atom stereocenters. The van der Waals surface area contributed by atoms with Gasteiger partial charge in [-0.05, 0) is 45.4 Å². The van der Waals surface area contributed by atoms with Crippen LogP contribution in [0.5, 0.6) is 0 Å². The lowest BCUT2D eigenvalue weighted by Crippen LogP contribution is -2.21. The average molecular weight is 594 g/mol. The summed E-state index contributed by atoms with van der Waals surface area (Å²) in [5.41, 5.74) is 8.51. The van der Waals surface area contributed by atoms with Crippen LogP contribution in [0.3, 0.4) is 0 Å². The molecule has 8 nitrogen and oxygen atoms in total. The summed E-state index contributed by atoms with van der Waals surface area (Å²) < 4.78 is 32.6. The molecule has 0 spiro atoms. The first kappa shape index (κ1) is 37.4. The van der Waals surface area contributed by atoms with E-state index >= 15 is 0 Å². The van der Waals surface area contributed by atoms with Crippen molar-refractivity contribution in [1.29, 1.82) is 0 Å². The van der Waals surface area contributed by atoms with E-state index in [2.05, 4.69) is 15.0 Å². The molecule has 11 heteroatoms. The lowest BCUT2D eigenvalue weighted by atomic mass is 10.1. The maximum atomic E-state index is 13.9. The molecule has 226 valence electrons. The number of aliphatic imine (C=N–C) groups is 1. The van der Waals surface area contributed by atoms with Gasteiger partial charge in [0.05, 0.1) is 29.7 Å². The number of aldehydes is 1. The molecule has 3 N–H and O–H groups in total. The van der Waals surface area contributed by atoms with Gasteiger partial charge in [-0.25, -0.2) is 8.78 Å². The Kier molecular flexibility index (Phi) is 17.0. The molecule has 0 saturated carbocycles. The van der Waals surface area contributed by atoms with Gasteiger partial charge in [-0.3, -0.25) is 19.8 Å². The number of allylic oxidation sites excluding steroid dienone is 4. The molecule has 0 fully saturated rings.